The molecule has 1 aromatic rings. The van der Waals surface area contributed by atoms with Crippen LogP contribution in [0.25, 0.3) is 0 Å². The van der Waals surface area contributed by atoms with Gasteiger partial charge < -0.3 is 9.64 Å². The van der Waals surface area contributed by atoms with Crippen LogP contribution in [-0.2, 0) is 19.4 Å². The number of rotatable bonds is 5. The van der Waals surface area contributed by atoms with Gasteiger partial charge in [-0.25, -0.2) is 8.42 Å². The minimum atomic E-state index is -3.41. The van der Waals surface area contributed by atoms with Gasteiger partial charge in [0.2, 0.25) is 0 Å². The molecule has 26 heavy (non-hydrogen) atoms. The molecular formula is C18H27N3O4S. The highest BCUT2D eigenvalue weighted by molar-refractivity contribution is 7.92. The van der Waals surface area contributed by atoms with Crippen molar-refractivity contribution in [3.8, 4) is 0 Å². The molecule has 0 radical (unpaired) electrons. The number of hydrogen-bond donors (Lipinski definition) is 0. The minimum absolute atomic E-state index is 0.0621. The topological polar surface area (TPSA) is 89.5 Å². The summed E-state index contributed by atoms with van der Waals surface area (Å²) in [6.45, 7) is 3.49. The fourth-order valence-corrected chi connectivity index (χ4v) is 5.53. The zero-order chi connectivity index (χ0) is 18.6. The molecule has 0 amide bonds. The van der Waals surface area contributed by atoms with Gasteiger partial charge in [0.1, 0.15) is 0 Å². The summed E-state index contributed by atoms with van der Waals surface area (Å²) in [6, 6.07) is 3.26. The van der Waals surface area contributed by atoms with Gasteiger partial charge in [0.05, 0.1) is 17.8 Å². The molecule has 2 fully saturated rings. The Morgan fingerprint density at radius 2 is 1.92 bits per heavy atom. The monoisotopic (exact) mass is 381 g/mol. The number of piperidine rings is 1. The van der Waals surface area contributed by atoms with Gasteiger partial charge in [0.15, 0.2) is 20.7 Å². The Bertz CT molecular complexity index is 714. The molecule has 0 unspecified atom stereocenters. The largest absolute Gasteiger partial charge is 0.466 e. The molecule has 7 nitrogen and oxygen atoms in total. The number of ether oxygens (including phenoxy) is 1. The maximum absolute atomic E-state index is 12.7. The van der Waals surface area contributed by atoms with E-state index in [1.54, 1.807) is 19.1 Å². The summed E-state index contributed by atoms with van der Waals surface area (Å²) in [5.41, 5.74) is 0. The van der Waals surface area contributed by atoms with Gasteiger partial charge in [0.25, 0.3) is 0 Å². The average molecular weight is 381 g/mol. The normalized spacial score (nSPS) is 22.2. The molecule has 0 spiro atoms. The summed E-state index contributed by atoms with van der Waals surface area (Å²) < 4.78 is 30.5. The molecule has 3 rings (SSSR count). The van der Waals surface area contributed by atoms with Gasteiger partial charge in [-0.1, -0.05) is 19.3 Å². The van der Waals surface area contributed by atoms with E-state index in [9.17, 15) is 13.2 Å². The lowest BCUT2D eigenvalue weighted by atomic mass is 9.98. The number of anilines is 1. The molecule has 2 aliphatic rings. The van der Waals surface area contributed by atoms with Crippen LogP contribution in [0, 0.1) is 5.92 Å². The Morgan fingerprint density at radius 1 is 1.15 bits per heavy atom. The number of hydrogen-bond acceptors (Lipinski definition) is 7. The third-order valence-corrected chi connectivity index (χ3v) is 7.42. The van der Waals surface area contributed by atoms with Gasteiger partial charge in [-0.3, -0.25) is 4.79 Å². The van der Waals surface area contributed by atoms with Crippen molar-refractivity contribution in [1.29, 1.82) is 0 Å². The van der Waals surface area contributed by atoms with E-state index in [4.69, 9.17) is 4.74 Å². The van der Waals surface area contributed by atoms with Crippen LogP contribution in [0.5, 0.6) is 0 Å². The molecule has 1 saturated heterocycles. The first-order chi connectivity index (χ1) is 12.5. The van der Waals surface area contributed by atoms with E-state index in [1.807, 2.05) is 4.90 Å². The lowest BCUT2D eigenvalue weighted by Gasteiger charge is -2.32. The maximum atomic E-state index is 12.7. The minimum Gasteiger partial charge on any atom is -0.466 e. The third kappa shape index (κ3) is 4.16. The molecule has 1 aromatic heterocycles. The summed E-state index contributed by atoms with van der Waals surface area (Å²) >= 11 is 0. The molecule has 0 bridgehead atoms. The van der Waals surface area contributed by atoms with Crippen LogP contribution in [0.4, 0.5) is 5.82 Å². The summed E-state index contributed by atoms with van der Waals surface area (Å²) in [5.74, 6) is 0.263. The standard InChI is InChI=1S/C18H27N3O4S/c1-2-25-18(22)14-7-6-12-21(13-14)16-10-11-17(20-19-16)26(23,24)15-8-4-3-5-9-15/h10-11,14-15H,2-9,12-13H2,1H3/t14-/m1/s1. The second kappa shape index (κ2) is 8.33. The first-order valence-corrected chi connectivity index (χ1v) is 11.1. The van der Waals surface area contributed by atoms with Gasteiger partial charge in [0, 0.05) is 13.1 Å². The van der Waals surface area contributed by atoms with Gasteiger partial charge >= 0.3 is 5.97 Å². The smallest absolute Gasteiger partial charge is 0.310 e. The Hall–Kier alpha value is -1.70. The predicted molar refractivity (Wildman–Crippen MR) is 97.7 cm³/mol. The van der Waals surface area contributed by atoms with E-state index in [0.717, 1.165) is 38.6 Å². The SMILES string of the molecule is CCOC(=O)[C@@H]1CCCN(c2ccc(S(=O)(=O)C3CCCCC3)nn2)C1. The Labute approximate surface area is 155 Å². The Balaban J connectivity index is 1.70. The van der Waals surface area contributed by atoms with Crippen LogP contribution >= 0.6 is 0 Å². The number of sulfone groups is 1. The predicted octanol–water partition coefficient (Wildman–Crippen LogP) is 2.36. The van der Waals surface area contributed by atoms with E-state index < -0.39 is 9.84 Å². The summed E-state index contributed by atoms with van der Waals surface area (Å²) in [4.78, 5) is 14.0. The summed E-state index contributed by atoms with van der Waals surface area (Å²) in [6.07, 6.45) is 6.10. The third-order valence-electron chi connectivity index (χ3n) is 5.27. The van der Waals surface area contributed by atoms with Crippen LogP contribution in [0.15, 0.2) is 17.2 Å². The van der Waals surface area contributed by atoms with Crippen molar-refractivity contribution in [2.24, 2.45) is 5.92 Å². The van der Waals surface area contributed by atoms with Crippen molar-refractivity contribution in [2.75, 3.05) is 24.6 Å². The van der Waals surface area contributed by atoms with E-state index >= 15 is 0 Å². The van der Waals surface area contributed by atoms with Crippen molar-refractivity contribution in [2.45, 2.75) is 62.1 Å². The molecule has 2 heterocycles. The van der Waals surface area contributed by atoms with Crippen molar-refractivity contribution >= 4 is 21.6 Å². The molecular weight excluding hydrogens is 354 g/mol. The first kappa shape index (κ1) is 19.1. The average Bonchev–Trinajstić information content (AvgIpc) is 2.69. The number of nitrogens with zero attached hydrogens (tertiary/aromatic N) is 3. The fraction of sp³-hybridized carbons (Fsp3) is 0.722. The molecule has 0 aromatic carbocycles. The van der Waals surface area contributed by atoms with Crippen molar-refractivity contribution in [3.63, 3.8) is 0 Å². The van der Waals surface area contributed by atoms with Crippen LogP contribution in [-0.4, -0.2) is 49.5 Å². The molecule has 1 aliphatic carbocycles. The zero-order valence-electron chi connectivity index (χ0n) is 15.3. The lowest BCUT2D eigenvalue weighted by Crippen LogP contribution is -2.40. The Morgan fingerprint density at radius 3 is 2.58 bits per heavy atom. The number of carbonyl (C=O) groups excluding carboxylic acids is 1. The molecule has 144 valence electrons. The van der Waals surface area contributed by atoms with Crippen LogP contribution < -0.4 is 4.90 Å². The van der Waals surface area contributed by atoms with Gasteiger partial charge in [-0.2, -0.15) is 0 Å². The van der Waals surface area contributed by atoms with E-state index in [0.29, 0.717) is 31.8 Å². The van der Waals surface area contributed by atoms with E-state index in [2.05, 4.69) is 10.2 Å². The van der Waals surface area contributed by atoms with Crippen LogP contribution in [0.3, 0.4) is 0 Å². The van der Waals surface area contributed by atoms with Crippen LogP contribution in [0.1, 0.15) is 51.9 Å². The highest BCUT2D eigenvalue weighted by Crippen LogP contribution is 2.28. The maximum Gasteiger partial charge on any atom is 0.310 e. The molecule has 1 saturated carbocycles. The highest BCUT2D eigenvalue weighted by Gasteiger charge is 2.31. The van der Waals surface area contributed by atoms with Crippen molar-refractivity contribution in [3.05, 3.63) is 12.1 Å². The molecule has 1 atom stereocenters. The van der Waals surface area contributed by atoms with Crippen LogP contribution in [0.2, 0.25) is 0 Å². The van der Waals surface area contributed by atoms with Crippen molar-refractivity contribution in [1.82, 2.24) is 10.2 Å². The Kier molecular flexibility index (Phi) is 6.11. The van der Waals surface area contributed by atoms with Gasteiger partial charge in [-0.05, 0) is 44.7 Å². The van der Waals surface area contributed by atoms with Gasteiger partial charge in [-0.15, -0.1) is 10.2 Å². The zero-order valence-corrected chi connectivity index (χ0v) is 16.1. The van der Waals surface area contributed by atoms with E-state index in [1.165, 1.54) is 0 Å². The number of carbonyl (C=O) groups is 1. The molecule has 0 N–H and O–H groups in total. The highest BCUT2D eigenvalue weighted by atomic mass is 32.2. The van der Waals surface area contributed by atoms with Crippen molar-refractivity contribution < 1.29 is 17.9 Å². The second-order valence-electron chi connectivity index (χ2n) is 7.07. The quantitative estimate of drug-likeness (QED) is 0.723. The summed E-state index contributed by atoms with van der Waals surface area (Å²) in [5, 5.41) is 7.89. The molecule has 8 heteroatoms. The fourth-order valence-electron chi connectivity index (χ4n) is 3.82. The first-order valence-electron chi connectivity index (χ1n) is 9.51. The molecule has 1 aliphatic heterocycles. The lowest BCUT2D eigenvalue weighted by molar-refractivity contribution is -0.148. The van der Waals surface area contributed by atoms with E-state index in [-0.39, 0.29) is 22.2 Å². The summed E-state index contributed by atoms with van der Waals surface area (Å²) in [7, 11) is -3.41. The number of aromatic nitrogens is 2. The number of esters is 1. The second-order valence-corrected chi connectivity index (χ2v) is 9.25.